The van der Waals surface area contributed by atoms with Crippen LogP contribution in [0, 0.1) is 12.7 Å². The SMILES string of the molecule is CC[C@@H](C(=O)NC)N(Cc1ccc(F)cc1)C(=O)CN(c1ccccc1OC)S(=O)(=O)c1ccc(C)cc1. The summed E-state index contributed by atoms with van der Waals surface area (Å²) in [6.07, 6.45) is 0.284. The highest BCUT2D eigenvalue weighted by molar-refractivity contribution is 7.92. The second-order valence-corrected chi connectivity index (χ2v) is 10.5. The van der Waals surface area contributed by atoms with Gasteiger partial charge in [0.2, 0.25) is 11.8 Å². The number of halogens is 1. The number of hydrogen-bond donors (Lipinski definition) is 1. The summed E-state index contributed by atoms with van der Waals surface area (Å²) >= 11 is 0. The van der Waals surface area contributed by atoms with Crippen molar-refractivity contribution in [3.63, 3.8) is 0 Å². The van der Waals surface area contributed by atoms with Crippen molar-refractivity contribution < 1.29 is 27.1 Å². The fourth-order valence-corrected chi connectivity index (χ4v) is 5.48. The monoisotopic (exact) mass is 541 g/mol. The van der Waals surface area contributed by atoms with Gasteiger partial charge in [0, 0.05) is 13.6 Å². The Kier molecular flexibility index (Phi) is 9.46. The molecule has 38 heavy (non-hydrogen) atoms. The number of rotatable bonds is 11. The predicted molar refractivity (Wildman–Crippen MR) is 144 cm³/mol. The average molecular weight is 542 g/mol. The number of nitrogens with one attached hydrogen (secondary N) is 1. The molecule has 2 amide bonds. The number of para-hydroxylation sites is 2. The van der Waals surface area contributed by atoms with E-state index < -0.39 is 40.2 Å². The molecular formula is C28H32FN3O5S. The van der Waals surface area contributed by atoms with Crippen LogP contribution in [0.25, 0.3) is 0 Å². The molecule has 0 unspecified atom stereocenters. The second kappa shape index (κ2) is 12.6. The zero-order valence-corrected chi connectivity index (χ0v) is 22.7. The summed E-state index contributed by atoms with van der Waals surface area (Å²) in [4.78, 5) is 27.9. The third kappa shape index (κ3) is 6.49. The number of aryl methyl sites for hydroxylation is 1. The first kappa shape index (κ1) is 28.6. The zero-order chi connectivity index (χ0) is 27.9. The number of likely N-dealkylation sites (N-methyl/N-ethyl adjacent to an activating group) is 1. The summed E-state index contributed by atoms with van der Waals surface area (Å²) in [5.41, 5.74) is 1.65. The van der Waals surface area contributed by atoms with Crippen LogP contribution in [0.15, 0.2) is 77.7 Å². The molecule has 1 atom stereocenters. The molecule has 0 heterocycles. The molecule has 0 radical (unpaired) electrons. The Balaban J connectivity index is 2.09. The van der Waals surface area contributed by atoms with Crippen molar-refractivity contribution in [2.45, 2.75) is 37.8 Å². The van der Waals surface area contributed by atoms with Gasteiger partial charge in [-0.25, -0.2) is 12.8 Å². The molecule has 1 N–H and O–H groups in total. The number of sulfonamides is 1. The van der Waals surface area contributed by atoms with E-state index in [4.69, 9.17) is 4.74 Å². The van der Waals surface area contributed by atoms with Crippen LogP contribution in [0.3, 0.4) is 0 Å². The molecule has 3 rings (SSSR count). The standard InChI is InChI=1S/C28H32FN3O5S/c1-5-24(28(34)30-3)31(18-21-12-14-22(29)15-13-21)27(33)19-32(25-8-6-7-9-26(25)37-4)38(35,36)23-16-10-20(2)11-17-23/h6-17,24H,5,18-19H2,1-4H3,(H,30,34)/t24-/m0/s1. The normalized spacial score (nSPS) is 11.9. The molecule has 8 nitrogen and oxygen atoms in total. The lowest BCUT2D eigenvalue weighted by Gasteiger charge is -2.33. The minimum atomic E-state index is -4.21. The molecule has 0 saturated carbocycles. The van der Waals surface area contributed by atoms with Crippen LogP contribution in [0.4, 0.5) is 10.1 Å². The summed E-state index contributed by atoms with van der Waals surface area (Å²) in [6, 6.07) is 17.5. The molecule has 10 heteroatoms. The Morgan fingerprint density at radius 2 is 1.63 bits per heavy atom. The Hall–Kier alpha value is -3.92. The van der Waals surface area contributed by atoms with Gasteiger partial charge in [-0.1, -0.05) is 48.9 Å². The summed E-state index contributed by atoms with van der Waals surface area (Å²) in [5, 5.41) is 2.57. The van der Waals surface area contributed by atoms with Crippen LogP contribution in [0.5, 0.6) is 5.75 Å². The molecule has 0 fully saturated rings. The number of nitrogens with zero attached hydrogens (tertiary/aromatic N) is 2. The zero-order valence-electron chi connectivity index (χ0n) is 21.8. The van der Waals surface area contributed by atoms with Crippen molar-refractivity contribution in [1.29, 1.82) is 0 Å². The van der Waals surface area contributed by atoms with E-state index in [9.17, 15) is 22.4 Å². The van der Waals surface area contributed by atoms with Crippen LogP contribution in [0.1, 0.15) is 24.5 Å². The van der Waals surface area contributed by atoms with Crippen molar-refractivity contribution >= 4 is 27.5 Å². The van der Waals surface area contributed by atoms with Crippen LogP contribution < -0.4 is 14.4 Å². The van der Waals surface area contributed by atoms with Gasteiger partial charge in [0.25, 0.3) is 10.0 Å². The lowest BCUT2D eigenvalue weighted by Crippen LogP contribution is -2.51. The lowest BCUT2D eigenvalue weighted by atomic mass is 10.1. The minimum Gasteiger partial charge on any atom is -0.495 e. The first-order chi connectivity index (χ1) is 18.1. The van der Waals surface area contributed by atoms with Gasteiger partial charge in [-0.05, 0) is 55.3 Å². The van der Waals surface area contributed by atoms with Crippen LogP contribution in [0.2, 0.25) is 0 Å². The first-order valence-electron chi connectivity index (χ1n) is 12.1. The van der Waals surface area contributed by atoms with E-state index in [-0.39, 0.29) is 29.3 Å². The van der Waals surface area contributed by atoms with Crippen LogP contribution >= 0.6 is 0 Å². The molecule has 0 spiro atoms. The molecule has 3 aromatic carbocycles. The van der Waals surface area contributed by atoms with E-state index in [1.54, 1.807) is 43.3 Å². The summed E-state index contributed by atoms with van der Waals surface area (Å²) in [6.45, 7) is 2.99. The van der Waals surface area contributed by atoms with Gasteiger partial charge in [0.1, 0.15) is 24.2 Å². The molecule has 202 valence electrons. The van der Waals surface area contributed by atoms with E-state index >= 15 is 0 Å². The Labute approximate surface area is 223 Å². The third-order valence-electron chi connectivity index (χ3n) is 6.14. The van der Waals surface area contributed by atoms with Gasteiger partial charge < -0.3 is 15.0 Å². The number of anilines is 1. The number of hydrogen-bond acceptors (Lipinski definition) is 5. The van der Waals surface area contributed by atoms with Gasteiger partial charge in [0.15, 0.2) is 0 Å². The Morgan fingerprint density at radius 1 is 1.00 bits per heavy atom. The number of benzene rings is 3. The van der Waals surface area contributed by atoms with Crippen molar-refractivity contribution in [2.24, 2.45) is 0 Å². The summed E-state index contributed by atoms with van der Waals surface area (Å²) < 4.78 is 47.7. The lowest BCUT2D eigenvalue weighted by molar-refractivity contribution is -0.140. The Bertz CT molecular complexity index is 1360. The molecule has 0 aromatic heterocycles. The van der Waals surface area contributed by atoms with Crippen LogP contribution in [-0.4, -0.2) is 51.9 Å². The molecule has 0 bridgehead atoms. The van der Waals surface area contributed by atoms with E-state index in [1.807, 2.05) is 6.92 Å². The van der Waals surface area contributed by atoms with Gasteiger partial charge >= 0.3 is 0 Å². The fourth-order valence-electron chi connectivity index (χ4n) is 4.06. The molecule has 0 aliphatic heterocycles. The van der Waals surface area contributed by atoms with Crippen LogP contribution in [-0.2, 0) is 26.2 Å². The van der Waals surface area contributed by atoms with E-state index in [2.05, 4.69) is 5.32 Å². The van der Waals surface area contributed by atoms with Crippen molar-refractivity contribution in [1.82, 2.24) is 10.2 Å². The second-order valence-electron chi connectivity index (χ2n) is 8.68. The fraction of sp³-hybridized carbons (Fsp3) is 0.286. The molecular weight excluding hydrogens is 509 g/mol. The molecule has 0 saturated heterocycles. The average Bonchev–Trinajstić information content (AvgIpc) is 2.92. The number of methoxy groups -OCH3 is 1. The van der Waals surface area contributed by atoms with Gasteiger partial charge in [0.05, 0.1) is 17.7 Å². The van der Waals surface area contributed by atoms with Gasteiger partial charge in [-0.3, -0.25) is 13.9 Å². The number of amides is 2. The highest BCUT2D eigenvalue weighted by Gasteiger charge is 2.34. The predicted octanol–water partition coefficient (Wildman–Crippen LogP) is 3.89. The van der Waals surface area contributed by atoms with E-state index in [1.165, 1.54) is 55.5 Å². The maximum absolute atomic E-state index is 13.9. The topological polar surface area (TPSA) is 96.0 Å². The van der Waals surface area contributed by atoms with Gasteiger partial charge in [-0.15, -0.1) is 0 Å². The molecule has 0 aliphatic carbocycles. The van der Waals surface area contributed by atoms with Crippen molar-refractivity contribution in [2.75, 3.05) is 25.0 Å². The number of carbonyl (C=O) groups excluding carboxylic acids is 2. The maximum atomic E-state index is 13.9. The minimum absolute atomic E-state index is 0.00485. The summed E-state index contributed by atoms with van der Waals surface area (Å²) in [5.74, 6) is -1.17. The third-order valence-corrected chi connectivity index (χ3v) is 7.91. The molecule has 0 aliphatic rings. The number of ether oxygens (including phenoxy) is 1. The first-order valence-corrected chi connectivity index (χ1v) is 13.5. The van der Waals surface area contributed by atoms with Crippen molar-refractivity contribution in [3.05, 3.63) is 89.7 Å². The quantitative estimate of drug-likeness (QED) is 0.397. The van der Waals surface area contributed by atoms with E-state index in [0.29, 0.717) is 5.56 Å². The van der Waals surface area contributed by atoms with Gasteiger partial charge in [-0.2, -0.15) is 0 Å². The number of carbonyl (C=O) groups is 2. The summed E-state index contributed by atoms with van der Waals surface area (Å²) in [7, 11) is -1.33. The highest BCUT2D eigenvalue weighted by Crippen LogP contribution is 2.32. The largest absolute Gasteiger partial charge is 0.495 e. The van der Waals surface area contributed by atoms with E-state index in [0.717, 1.165) is 9.87 Å². The highest BCUT2D eigenvalue weighted by atomic mass is 32.2. The Morgan fingerprint density at radius 3 is 2.21 bits per heavy atom. The van der Waals surface area contributed by atoms with Crippen molar-refractivity contribution in [3.8, 4) is 5.75 Å². The molecule has 3 aromatic rings. The maximum Gasteiger partial charge on any atom is 0.264 e. The smallest absolute Gasteiger partial charge is 0.264 e.